The SMILES string of the molecule is CC(C)CN(C)Cc1cc(O)c2c(c1Cl)C[C@H]1C[C@H]3[C@H](N(C)C)C(=O)C(C(N)=O)=C(O)[C@@]3(O)C(=O)C1=C2O. The third kappa shape index (κ3) is 4.10. The van der Waals surface area contributed by atoms with E-state index in [1.54, 1.807) is 14.1 Å². The van der Waals surface area contributed by atoms with Gasteiger partial charge in [-0.05, 0) is 63.0 Å². The Kier molecular flexibility index (Phi) is 7.15. The highest BCUT2D eigenvalue weighted by Gasteiger charge is 2.64. The fourth-order valence-electron chi connectivity index (χ4n) is 6.44. The number of likely N-dealkylation sites (N-methyl/N-ethyl adjacent to an activating group) is 1. The van der Waals surface area contributed by atoms with Gasteiger partial charge >= 0.3 is 0 Å². The van der Waals surface area contributed by atoms with Crippen molar-refractivity contribution < 1.29 is 34.8 Å². The number of phenolic OH excluding ortho intramolecular Hbond substituents is 1. The summed E-state index contributed by atoms with van der Waals surface area (Å²) in [6.07, 6.45) is 0.170. The lowest BCUT2D eigenvalue weighted by Gasteiger charge is -2.50. The molecule has 1 saturated carbocycles. The van der Waals surface area contributed by atoms with Crippen molar-refractivity contribution in [2.45, 2.75) is 44.9 Å². The van der Waals surface area contributed by atoms with Gasteiger partial charge in [-0.25, -0.2) is 0 Å². The van der Waals surface area contributed by atoms with E-state index in [9.17, 15) is 34.8 Å². The van der Waals surface area contributed by atoms with Crippen molar-refractivity contribution in [2.24, 2.45) is 23.5 Å². The summed E-state index contributed by atoms with van der Waals surface area (Å²) in [4.78, 5) is 42.6. The van der Waals surface area contributed by atoms with E-state index in [-0.39, 0.29) is 29.7 Å². The Bertz CT molecular complexity index is 1300. The van der Waals surface area contributed by atoms with Gasteiger partial charge in [0, 0.05) is 29.6 Å². The summed E-state index contributed by atoms with van der Waals surface area (Å²) < 4.78 is 0. The molecule has 1 aromatic rings. The van der Waals surface area contributed by atoms with Crippen LogP contribution in [0.2, 0.25) is 5.02 Å². The molecule has 0 heterocycles. The van der Waals surface area contributed by atoms with Gasteiger partial charge in [0.05, 0.1) is 11.6 Å². The van der Waals surface area contributed by atoms with E-state index in [0.717, 1.165) is 6.54 Å². The minimum absolute atomic E-state index is 0.0125. The number of rotatable bonds is 6. The molecule has 0 saturated heterocycles. The second kappa shape index (κ2) is 9.68. The number of fused-ring (bicyclic) bond motifs is 3. The van der Waals surface area contributed by atoms with Crippen LogP contribution in [0.1, 0.15) is 37.0 Å². The average molecular weight is 548 g/mol. The molecule has 4 rings (SSSR count). The molecule has 0 spiro atoms. The first kappa shape index (κ1) is 28.1. The largest absolute Gasteiger partial charge is 0.508 e. The van der Waals surface area contributed by atoms with Crippen LogP contribution in [0, 0.1) is 17.8 Å². The number of Topliss-reactive ketones (excluding diaryl/α,β-unsaturated/α-hetero) is 2. The molecule has 6 N–H and O–H groups in total. The van der Waals surface area contributed by atoms with Crippen molar-refractivity contribution in [3.8, 4) is 5.75 Å². The summed E-state index contributed by atoms with van der Waals surface area (Å²) in [6, 6.07) is 0.316. The number of hydrogen-bond donors (Lipinski definition) is 5. The standard InChI is InChI=1S/C27H34ClN3O7/c1-11(2)9-31(5)10-13-8-16(32)18-14(20(13)28)6-12-7-15-21(30(3)4)23(34)19(26(29)37)25(36)27(15,38)24(35)17(12)22(18)33/h8,11-12,15,21,32-33,36,38H,6-7,9-10H2,1-5H3,(H2,29,37)/t12-,15-,21-,27-/m0/s1. The Hall–Kier alpha value is -2.92. The zero-order chi connectivity index (χ0) is 28.4. The number of carbonyl (C=O) groups excluding carboxylic acids is 3. The molecule has 0 unspecified atom stereocenters. The van der Waals surface area contributed by atoms with Crippen molar-refractivity contribution in [1.29, 1.82) is 0 Å². The monoisotopic (exact) mass is 547 g/mol. The number of nitrogens with zero attached hydrogens (tertiary/aromatic N) is 2. The molecular weight excluding hydrogens is 514 g/mol. The summed E-state index contributed by atoms with van der Waals surface area (Å²) >= 11 is 6.79. The van der Waals surface area contributed by atoms with E-state index in [2.05, 4.69) is 18.7 Å². The van der Waals surface area contributed by atoms with E-state index in [1.165, 1.54) is 11.0 Å². The van der Waals surface area contributed by atoms with Gasteiger partial charge in [-0.15, -0.1) is 0 Å². The highest BCUT2D eigenvalue weighted by Crippen LogP contribution is 2.53. The highest BCUT2D eigenvalue weighted by atomic mass is 35.5. The minimum Gasteiger partial charge on any atom is -0.508 e. The van der Waals surface area contributed by atoms with Crippen molar-refractivity contribution in [1.82, 2.24) is 9.80 Å². The maximum Gasteiger partial charge on any atom is 0.255 e. The van der Waals surface area contributed by atoms with Crippen LogP contribution in [0.15, 0.2) is 23.0 Å². The zero-order valence-corrected chi connectivity index (χ0v) is 22.8. The normalized spacial score (nSPS) is 27.3. The number of halogens is 1. The number of aliphatic hydroxyl groups is 3. The quantitative estimate of drug-likeness (QED) is 0.333. The van der Waals surface area contributed by atoms with Gasteiger partial charge in [-0.2, -0.15) is 0 Å². The predicted octanol–water partition coefficient (Wildman–Crippen LogP) is 1.71. The predicted molar refractivity (Wildman–Crippen MR) is 140 cm³/mol. The first-order chi connectivity index (χ1) is 17.6. The van der Waals surface area contributed by atoms with Gasteiger partial charge < -0.3 is 31.1 Å². The topological polar surface area (TPSA) is 165 Å². The Morgan fingerprint density at radius 1 is 1.21 bits per heavy atom. The number of ketones is 2. The molecule has 11 heteroatoms. The van der Waals surface area contributed by atoms with Crippen molar-refractivity contribution in [3.05, 3.63) is 44.7 Å². The molecule has 0 aromatic heterocycles. The number of benzene rings is 1. The number of nitrogens with two attached hydrogens (primary N) is 1. The number of hydrogen-bond acceptors (Lipinski definition) is 9. The number of aliphatic hydroxyl groups excluding tert-OH is 2. The maximum atomic E-state index is 13.8. The fraction of sp³-hybridized carbons (Fsp3) is 0.519. The number of carbonyl (C=O) groups is 3. The van der Waals surface area contributed by atoms with E-state index in [0.29, 0.717) is 28.6 Å². The smallest absolute Gasteiger partial charge is 0.255 e. The van der Waals surface area contributed by atoms with Gasteiger partial charge in [0.15, 0.2) is 11.4 Å². The summed E-state index contributed by atoms with van der Waals surface area (Å²) in [7, 11) is 5.05. The summed E-state index contributed by atoms with van der Waals surface area (Å²) in [5.41, 5.74) is 2.75. The Balaban J connectivity index is 1.88. The molecule has 3 aliphatic rings. The molecule has 1 amide bonds. The van der Waals surface area contributed by atoms with Crippen LogP contribution >= 0.6 is 11.6 Å². The van der Waals surface area contributed by atoms with Gasteiger partial charge in [0.2, 0.25) is 5.78 Å². The second-order valence-corrected chi connectivity index (χ2v) is 11.7. The molecule has 1 aromatic carbocycles. The van der Waals surface area contributed by atoms with Crippen LogP contribution in [-0.2, 0) is 27.3 Å². The van der Waals surface area contributed by atoms with E-state index in [4.69, 9.17) is 17.3 Å². The van der Waals surface area contributed by atoms with Crippen LogP contribution in [0.3, 0.4) is 0 Å². The molecule has 4 atom stereocenters. The Morgan fingerprint density at radius 2 is 1.84 bits per heavy atom. The first-order valence-electron chi connectivity index (χ1n) is 12.5. The maximum absolute atomic E-state index is 13.8. The van der Waals surface area contributed by atoms with Crippen molar-refractivity contribution in [3.63, 3.8) is 0 Å². The molecule has 3 aliphatic carbocycles. The first-order valence-corrected chi connectivity index (χ1v) is 12.9. The van der Waals surface area contributed by atoms with E-state index >= 15 is 0 Å². The van der Waals surface area contributed by atoms with Crippen LogP contribution in [0.5, 0.6) is 5.75 Å². The Morgan fingerprint density at radius 3 is 2.39 bits per heavy atom. The summed E-state index contributed by atoms with van der Waals surface area (Å²) in [6.45, 7) is 5.42. The van der Waals surface area contributed by atoms with Gasteiger partial charge in [0.1, 0.15) is 22.8 Å². The van der Waals surface area contributed by atoms with Crippen LogP contribution < -0.4 is 5.73 Å². The van der Waals surface area contributed by atoms with Crippen LogP contribution in [0.25, 0.3) is 5.76 Å². The zero-order valence-electron chi connectivity index (χ0n) is 22.1. The van der Waals surface area contributed by atoms with Crippen molar-refractivity contribution >= 4 is 34.8 Å². The molecule has 0 radical (unpaired) electrons. The fourth-order valence-corrected chi connectivity index (χ4v) is 6.73. The Labute approximate surface area is 226 Å². The third-order valence-electron chi connectivity index (χ3n) is 7.85. The van der Waals surface area contributed by atoms with Crippen LogP contribution in [0.4, 0.5) is 0 Å². The number of primary amides is 1. The van der Waals surface area contributed by atoms with E-state index < -0.39 is 58.0 Å². The lowest BCUT2D eigenvalue weighted by Crippen LogP contribution is -2.65. The highest BCUT2D eigenvalue weighted by molar-refractivity contribution is 6.32. The average Bonchev–Trinajstić information content (AvgIpc) is 2.78. The van der Waals surface area contributed by atoms with Crippen molar-refractivity contribution in [2.75, 3.05) is 27.7 Å². The minimum atomic E-state index is -2.66. The molecular formula is C27H34ClN3O7. The summed E-state index contributed by atoms with van der Waals surface area (Å²) in [5.74, 6) is -6.43. The van der Waals surface area contributed by atoms with Gasteiger partial charge in [-0.3, -0.25) is 19.3 Å². The molecule has 0 bridgehead atoms. The van der Waals surface area contributed by atoms with E-state index in [1.807, 2.05) is 7.05 Å². The van der Waals surface area contributed by atoms with Gasteiger partial charge in [0.25, 0.3) is 5.91 Å². The molecule has 206 valence electrons. The number of phenols is 1. The number of aromatic hydroxyl groups is 1. The molecule has 0 aliphatic heterocycles. The molecule has 10 nitrogen and oxygen atoms in total. The van der Waals surface area contributed by atoms with Gasteiger partial charge in [-0.1, -0.05) is 25.4 Å². The lowest BCUT2D eigenvalue weighted by molar-refractivity contribution is -0.153. The third-order valence-corrected chi connectivity index (χ3v) is 8.32. The van der Waals surface area contributed by atoms with Crippen LogP contribution in [-0.4, -0.2) is 87.0 Å². The summed E-state index contributed by atoms with van der Waals surface area (Å²) in [5, 5.41) is 45.0. The second-order valence-electron chi connectivity index (χ2n) is 11.3. The lowest BCUT2D eigenvalue weighted by atomic mass is 9.57. The molecule has 38 heavy (non-hydrogen) atoms. The number of amides is 1. The molecule has 1 fully saturated rings.